The highest BCUT2D eigenvalue weighted by Crippen LogP contribution is 2.22. The van der Waals surface area contributed by atoms with Gasteiger partial charge in [0.05, 0.1) is 5.71 Å². The first-order chi connectivity index (χ1) is 10.5. The molecule has 0 aliphatic heterocycles. The van der Waals surface area contributed by atoms with Gasteiger partial charge in [0, 0.05) is 17.3 Å². The molecule has 0 saturated carbocycles. The Kier molecular flexibility index (Phi) is 4.95. The number of aromatic hydroxyl groups is 2. The van der Waals surface area contributed by atoms with Gasteiger partial charge in [-0.25, -0.2) is 0 Å². The maximum atomic E-state index is 9.77. The van der Waals surface area contributed by atoms with Crippen molar-refractivity contribution >= 4 is 28.7 Å². The first-order valence-corrected chi connectivity index (χ1v) is 7.07. The molecular formula is C16H17N3O2S. The Balaban J connectivity index is 2.00. The number of benzene rings is 2. The van der Waals surface area contributed by atoms with Gasteiger partial charge in [0.15, 0.2) is 5.11 Å². The van der Waals surface area contributed by atoms with Crippen molar-refractivity contribution in [2.45, 2.75) is 13.8 Å². The summed E-state index contributed by atoms with van der Waals surface area (Å²) < 4.78 is 0. The molecule has 0 amide bonds. The van der Waals surface area contributed by atoms with Crippen LogP contribution in [-0.2, 0) is 0 Å². The molecule has 22 heavy (non-hydrogen) atoms. The van der Waals surface area contributed by atoms with Gasteiger partial charge >= 0.3 is 0 Å². The largest absolute Gasteiger partial charge is 0.508 e. The number of rotatable bonds is 3. The lowest BCUT2D eigenvalue weighted by Crippen LogP contribution is -2.24. The molecule has 4 N–H and O–H groups in total. The maximum Gasteiger partial charge on any atom is 0.191 e. The molecule has 0 aromatic heterocycles. The van der Waals surface area contributed by atoms with Crippen LogP contribution in [0.5, 0.6) is 11.5 Å². The molecule has 2 aromatic rings. The number of nitrogens with one attached hydrogen (secondary N) is 2. The molecule has 0 aliphatic carbocycles. The molecule has 2 rings (SSSR count). The number of hydrogen-bond donors (Lipinski definition) is 4. The van der Waals surface area contributed by atoms with Crippen LogP contribution in [0, 0.1) is 6.92 Å². The van der Waals surface area contributed by atoms with Crippen LogP contribution in [-0.4, -0.2) is 21.0 Å². The minimum Gasteiger partial charge on any atom is -0.508 e. The van der Waals surface area contributed by atoms with Crippen molar-refractivity contribution in [2.24, 2.45) is 5.10 Å². The highest BCUT2D eigenvalue weighted by atomic mass is 32.1. The Morgan fingerprint density at radius 2 is 1.77 bits per heavy atom. The zero-order valence-corrected chi connectivity index (χ0v) is 13.1. The number of hydrazone groups is 1. The lowest BCUT2D eigenvalue weighted by Gasteiger charge is -2.09. The zero-order chi connectivity index (χ0) is 16.1. The molecule has 0 atom stereocenters. The van der Waals surface area contributed by atoms with E-state index in [1.807, 2.05) is 31.2 Å². The molecule has 0 radical (unpaired) electrons. The third-order valence-corrected chi connectivity index (χ3v) is 3.20. The van der Waals surface area contributed by atoms with E-state index in [1.165, 1.54) is 17.7 Å². The van der Waals surface area contributed by atoms with Gasteiger partial charge in [-0.1, -0.05) is 17.7 Å². The molecule has 114 valence electrons. The second-order valence-corrected chi connectivity index (χ2v) is 5.24. The van der Waals surface area contributed by atoms with Crippen molar-refractivity contribution in [3.63, 3.8) is 0 Å². The molecule has 0 aliphatic rings. The molecule has 6 heteroatoms. The van der Waals surface area contributed by atoms with Crippen LogP contribution in [0.25, 0.3) is 0 Å². The summed E-state index contributed by atoms with van der Waals surface area (Å²) in [6.45, 7) is 3.74. The number of phenolic OH excluding ortho intramolecular Hbond substituents is 2. The van der Waals surface area contributed by atoms with Crippen molar-refractivity contribution in [1.29, 1.82) is 0 Å². The summed E-state index contributed by atoms with van der Waals surface area (Å²) in [6.07, 6.45) is 0. The summed E-state index contributed by atoms with van der Waals surface area (Å²) in [5, 5.41) is 26.5. The van der Waals surface area contributed by atoms with Gasteiger partial charge in [0.25, 0.3) is 0 Å². The third kappa shape index (κ3) is 4.20. The average Bonchev–Trinajstić information content (AvgIpc) is 2.47. The lowest BCUT2D eigenvalue weighted by molar-refractivity contribution is 0.450. The summed E-state index contributed by atoms with van der Waals surface area (Å²) >= 11 is 5.16. The zero-order valence-electron chi connectivity index (χ0n) is 12.3. The van der Waals surface area contributed by atoms with Gasteiger partial charge in [-0.2, -0.15) is 5.10 Å². The lowest BCUT2D eigenvalue weighted by atomic mass is 10.1. The van der Waals surface area contributed by atoms with Crippen molar-refractivity contribution < 1.29 is 10.2 Å². The predicted molar refractivity (Wildman–Crippen MR) is 92.5 cm³/mol. The number of phenols is 2. The van der Waals surface area contributed by atoms with Crippen molar-refractivity contribution in [3.05, 3.63) is 53.6 Å². The Hall–Kier alpha value is -2.60. The fourth-order valence-corrected chi connectivity index (χ4v) is 1.98. The van der Waals surface area contributed by atoms with Crippen molar-refractivity contribution in [1.82, 2.24) is 5.43 Å². The first-order valence-electron chi connectivity index (χ1n) is 6.66. The topological polar surface area (TPSA) is 76.9 Å². The Bertz CT molecular complexity index is 712. The quantitative estimate of drug-likeness (QED) is 0.398. The standard InChI is InChI=1S/C16H17N3O2S/c1-10-3-5-12(6-4-10)17-16(22)19-18-11(2)14-8-7-13(20)9-15(14)21/h3-9,20-21H,1-2H3,(H2,17,19,22)/b18-11-. The second-order valence-electron chi connectivity index (χ2n) is 4.83. The minimum absolute atomic E-state index is 0.00133. The summed E-state index contributed by atoms with van der Waals surface area (Å²) in [5.74, 6) is -0.0426. The third-order valence-electron chi connectivity index (χ3n) is 3.01. The van der Waals surface area contributed by atoms with E-state index in [0.29, 0.717) is 16.4 Å². The molecular weight excluding hydrogens is 298 g/mol. The van der Waals surface area contributed by atoms with Crippen LogP contribution in [0.4, 0.5) is 5.69 Å². The van der Waals surface area contributed by atoms with E-state index < -0.39 is 0 Å². The van der Waals surface area contributed by atoms with Gasteiger partial charge in [-0.3, -0.25) is 5.43 Å². The molecule has 0 heterocycles. The SMILES string of the molecule is C/C(=N/NC(=S)Nc1ccc(C)cc1)c1ccc(O)cc1O. The van der Waals surface area contributed by atoms with E-state index in [4.69, 9.17) is 12.2 Å². The predicted octanol–water partition coefficient (Wildman–Crippen LogP) is 3.12. The van der Waals surface area contributed by atoms with Gasteiger partial charge in [0.1, 0.15) is 11.5 Å². The Labute approximate surface area is 134 Å². The molecule has 2 aromatic carbocycles. The number of thiocarbonyl (C=S) groups is 1. The van der Waals surface area contributed by atoms with Crippen LogP contribution in [0.3, 0.4) is 0 Å². The van der Waals surface area contributed by atoms with Gasteiger partial charge < -0.3 is 15.5 Å². The van der Waals surface area contributed by atoms with Crippen LogP contribution >= 0.6 is 12.2 Å². The van der Waals surface area contributed by atoms with E-state index in [-0.39, 0.29) is 11.5 Å². The number of anilines is 1. The van der Waals surface area contributed by atoms with E-state index in [0.717, 1.165) is 5.69 Å². The summed E-state index contributed by atoms with van der Waals surface area (Å²) in [7, 11) is 0. The minimum atomic E-state index is -0.0412. The van der Waals surface area contributed by atoms with Crippen LogP contribution in [0.1, 0.15) is 18.1 Å². The maximum absolute atomic E-state index is 9.77. The first kappa shape index (κ1) is 15.8. The fraction of sp³-hybridized carbons (Fsp3) is 0.125. The van der Waals surface area contributed by atoms with Gasteiger partial charge in [-0.15, -0.1) is 0 Å². The van der Waals surface area contributed by atoms with Crippen LogP contribution in [0.15, 0.2) is 47.6 Å². The number of hydrogen-bond acceptors (Lipinski definition) is 4. The smallest absolute Gasteiger partial charge is 0.191 e. The van der Waals surface area contributed by atoms with Crippen LogP contribution < -0.4 is 10.7 Å². The molecule has 0 spiro atoms. The summed E-state index contributed by atoms with van der Waals surface area (Å²) in [6, 6.07) is 12.1. The van der Waals surface area contributed by atoms with Crippen molar-refractivity contribution in [2.75, 3.05) is 5.32 Å². The van der Waals surface area contributed by atoms with Crippen molar-refractivity contribution in [3.8, 4) is 11.5 Å². The summed E-state index contributed by atoms with van der Waals surface area (Å²) in [5.41, 5.74) is 5.82. The van der Waals surface area contributed by atoms with Crippen LogP contribution in [0.2, 0.25) is 0 Å². The molecule has 0 saturated heterocycles. The summed E-state index contributed by atoms with van der Waals surface area (Å²) in [4.78, 5) is 0. The molecule has 0 bridgehead atoms. The van der Waals surface area contributed by atoms with E-state index in [9.17, 15) is 10.2 Å². The Morgan fingerprint density at radius 3 is 2.41 bits per heavy atom. The Morgan fingerprint density at radius 1 is 1.09 bits per heavy atom. The number of nitrogens with zero attached hydrogens (tertiary/aromatic N) is 1. The molecule has 0 fully saturated rings. The van der Waals surface area contributed by atoms with Gasteiger partial charge in [0.2, 0.25) is 0 Å². The highest BCUT2D eigenvalue weighted by Gasteiger charge is 2.06. The van der Waals surface area contributed by atoms with E-state index in [2.05, 4.69) is 15.8 Å². The highest BCUT2D eigenvalue weighted by molar-refractivity contribution is 7.80. The second kappa shape index (κ2) is 6.91. The molecule has 5 nitrogen and oxygen atoms in total. The monoisotopic (exact) mass is 315 g/mol. The number of aryl methyl sites for hydroxylation is 1. The van der Waals surface area contributed by atoms with E-state index in [1.54, 1.807) is 13.0 Å². The average molecular weight is 315 g/mol. The van der Waals surface area contributed by atoms with Gasteiger partial charge in [-0.05, 0) is 50.3 Å². The fourth-order valence-electron chi connectivity index (χ4n) is 1.82. The van der Waals surface area contributed by atoms with E-state index >= 15 is 0 Å². The normalized spacial score (nSPS) is 11.1. The molecule has 0 unspecified atom stereocenters.